The average molecular weight is 476 g/mol. The fraction of sp³-hybridized carbons (Fsp3) is 0.103. The number of carbonyl (C=O) groups is 1. The van der Waals surface area contributed by atoms with Gasteiger partial charge in [-0.1, -0.05) is 36.4 Å². The minimum atomic E-state index is -0.467. The number of fused-ring (bicyclic) bond motifs is 3. The van der Waals surface area contributed by atoms with Crippen molar-refractivity contribution in [2.45, 2.75) is 19.4 Å². The summed E-state index contributed by atoms with van der Waals surface area (Å²) in [7, 11) is 0. The maximum absolute atomic E-state index is 13.4. The molecule has 0 unspecified atom stereocenters. The molecular formula is C29H21N3O4. The largest absolute Gasteiger partial charge is 0.508 e. The fourth-order valence-corrected chi connectivity index (χ4v) is 4.67. The molecule has 5 aromatic rings. The van der Waals surface area contributed by atoms with Crippen LogP contribution in [0.15, 0.2) is 83.8 Å². The maximum atomic E-state index is 13.4. The first kappa shape index (κ1) is 21.7. The van der Waals surface area contributed by atoms with Crippen LogP contribution in [0.2, 0.25) is 0 Å². The van der Waals surface area contributed by atoms with E-state index in [1.165, 1.54) is 10.5 Å². The van der Waals surface area contributed by atoms with E-state index >= 15 is 0 Å². The zero-order chi connectivity index (χ0) is 24.6. The zero-order valence-electron chi connectivity index (χ0n) is 19.2. The predicted molar refractivity (Wildman–Crippen MR) is 137 cm³/mol. The minimum Gasteiger partial charge on any atom is -0.508 e. The van der Waals surface area contributed by atoms with Crippen LogP contribution in [0, 0.1) is 0 Å². The number of aromatic nitrogens is 3. The van der Waals surface area contributed by atoms with Gasteiger partial charge >= 0.3 is 5.97 Å². The van der Waals surface area contributed by atoms with E-state index in [2.05, 4.69) is 4.98 Å². The van der Waals surface area contributed by atoms with Crippen LogP contribution in [0.3, 0.4) is 0 Å². The molecule has 0 amide bonds. The van der Waals surface area contributed by atoms with Crippen molar-refractivity contribution in [2.75, 3.05) is 0 Å². The van der Waals surface area contributed by atoms with Crippen molar-refractivity contribution in [3.05, 3.63) is 117 Å². The van der Waals surface area contributed by atoms with E-state index in [9.17, 15) is 14.7 Å². The van der Waals surface area contributed by atoms with Gasteiger partial charge in [0.1, 0.15) is 18.0 Å². The molecule has 1 aliphatic rings. The van der Waals surface area contributed by atoms with Crippen LogP contribution in [0.1, 0.15) is 39.3 Å². The summed E-state index contributed by atoms with van der Waals surface area (Å²) in [6.45, 7) is -0.110. The first-order valence-electron chi connectivity index (χ1n) is 11.6. The molecule has 3 aromatic heterocycles. The lowest BCUT2D eigenvalue weighted by atomic mass is 10.0. The number of hydrogen-bond donors (Lipinski definition) is 1. The SMILES string of the molecule is O=C(OCc1cc(=O)n2ccccc2n1)c1c2c(nc3ccccc13)/C(=C/c1ccc(O)cc1)CC2. The van der Waals surface area contributed by atoms with Crippen LogP contribution in [0.4, 0.5) is 0 Å². The molecule has 7 heteroatoms. The summed E-state index contributed by atoms with van der Waals surface area (Å²) >= 11 is 0. The summed E-state index contributed by atoms with van der Waals surface area (Å²) < 4.78 is 7.13. The third kappa shape index (κ3) is 3.90. The smallest absolute Gasteiger partial charge is 0.339 e. The molecule has 0 spiro atoms. The zero-order valence-corrected chi connectivity index (χ0v) is 19.2. The molecule has 3 heterocycles. The van der Waals surface area contributed by atoms with E-state index in [4.69, 9.17) is 9.72 Å². The molecule has 176 valence electrons. The molecule has 1 N–H and O–H groups in total. The van der Waals surface area contributed by atoms with E-state index in [0.717, 1.165) is 34.2 Å². The van der Waals surface area contributed by atoms with Gasteiger partial charge in [-0.05, 0) is 65.9 Å². The topological polar surface area (TPSA) is 93.8 Å². The summed E-state index contributed by atoms with van der Waals surface area (Å²) in [5.74, 6) is -0.257. The van der Waals surface area contributed by atoms with E-state index in [0.29, 0.717) is 28.8 Å². The number of hydrogen-bond acceptors (Lipinski definition) is 6. The standard InChI is InChI=1S/C29H21N3O4/c33-21-11-8-18(9-12-21)15-19-10-13-23-27(22-5-1-2-6-24(22)31-28(19)23)29(35)36-17-20-16-26(34)32-14-4-3-7-25(32)30-20/h1-9,11-12,14-16,33H,10,13,17H2/b19-15+. The number of allylic oxidation sites excluding steroid dienone is 1. The number of carbonyl (C=O) groups excluding carboxylic acids is 1. The fourth-order valence-electron chi connectivity index (χ4n) is 4.67. The van der Waals surface area contributed by atoms with Gasteiger partial charge in [-0.25, -0.2) is 14.8 Å². The van der Waals surface area contributed by atoms with Crippen LogP contribution >= 0.6 is 0 Å². The number of ether oxygens (including phenoxy) is 1. The molecule has 0 fully saturated rings. The van der Waals surface area contributed by atoms with Gasteiger partial charge in [0.2, 0.25) is 0 Å². The third-order valence-electron chi connectivity index (χ3n) is 6.36. The van der Waals surface area contributed by atoms with Gasteiger partial charge in [0.05, 0.1) is 22.5 Å². The highest BCUT2D eigenvalue weighted by molar-refractivity contribution is 6.07. The van der Waals surface area contributed by atoms with E-state index in [1.54, 1.807) is 36.5 Å². The number of aromatic hydroxyl groups is 1. The first-order chi connectivity index (χ1) is 17.6. The van der Waals surface area contributed by atoms with Crippen molar-refractivity contribution < 1.29 is 14.6 Å². The van der Waals surface area contributed by atoms with Crippen LogP contribution in [-0.2, 0) is 17.8 Å². The van der Waals surface area contributed by atoms with E-state index in [-0.39, 0.29) is 17.9 Å². The summed E-state index contributed by atoms with van der Waals surface area (Å²) in [5, 5.41) is 10.3. The van der Waals surface area contributed by atoms with E-state index in [1.807, 2.05) is 42.5 Å². The second-order valence-corrected chi connectivity index (χ2v) is 8.68. The number of pyridine rings is 2. The Labute approximate surface area is 206 Å². The monoisotopic (exact) mass is 475 g/mol. The first-order valence-corrected chi connectivity index (χ1v) is 11.6. The molecule has 1 aliphatic carbocycles. The third-order valence-corrected chi connectivity index (χ3v) is 6.36. The molecule has 0 bridgehead atoms. The molecule has 7 nitrogen and oxygen atoms in total. The van der Waals surface area contributed by atoms with Crippen molar-refractivity contribution >= 4 is 34.2 Å². The average Bonchev–Trinajstić information content (AvgIpc) is 3.29. The Morgan fingerprint density at radius 3 is 2.67 bits per heavy atom. The second-order valence-electron chi connectivity index (χ2n) is 8.68. The van der Waals surface area contributed by atoms with Crippen LogP contribution < -0.4 is 5.56 Å². The Morgan fingerprint density at radius 2 is 1.81 bits per heavy atom. The highest BCUT2D eigenvalue weighted by atomic mass is 16.5. The summed E-state index contributed by atoms with van der Waals surface area (Å²) in [6, 6.07) is 21.2. The van der Waals surface area contributed by atoms with Gasteiger partial charge in [0.15, 0.2) is 0 Å². The quantitative estimate of drug-likeness (QED) is 0.376. The van der Waals surface area contributed by atoms with Gasteiger partial charge in [0, 0.05) is 17.6 Å². The van der Waals surface area contributed by atoms with E-state index < -0.39 is 5.97 Å². The number of nitrogens with zero attached hydrogens (tertiary/aromatic N) is 3. The van der Waals surface area contributed by atoms with Crippen molar-refractivity contribution in [1.29, 1.82) is 0 Å². The number of benzene rings is 2. The van der Waals surface area contributed by atoms with Gasteiger partial charge in [-0.2, -0.15) is 0 Å². The number of rotatable bonds is 4. The van der Waals surface area contributed by atoms with Crippen molar-refractivity contribution in [3.63, 3.8) is 0 Å². The molecule has 0 aliphatic heterocycles. The minimum absolute atomic E-state index is 0.110. The molecule has 0 saturated carbocycles. The lowest BCUT2D eigenvalue weighted by Gasteiger charge is -2.12. The van der Waals surface area contributed by atoms with Gasteiger partial charge in [0.25, 0.3) is 5.56 Å². The molecule has 0 saturated heterocycles. The van der Waals surface area contributed by atoms with Crippen molar-refractivity contribution in [1.82, 2.24) is 14.4 Å². The molecule has 0 atom stereocenters. The summed E-state index contributed by atoms with van der Waals surface area (Å²) in [5.41, 5.74) is 5.49. The maximum Gasteiger partial charge on any atom is 0.339 e. The molecular weight excluding hydrogens is 454 g/mol. The number of phenols is 1. The normalized spacial score (nSPS) is 13.8. The Balaban J connectivity index is 1.37. The Morgan fingerprint density at radius 1 is 1.00 bits per heavy atom. The lowest BCUT2D eigenvalue weighted by molar-refractivity contribution is 0.0469. The Hall–Kier alpha value is -4.78. The van der Waals surface area contributed by atoms with Gasteiger partial charge in [-0.3, -0.25) is 9.20 Å². The molecule has 0 radical (unpaired) electrons. The number of phenolic OH excluding ortho intramolecular Hbond substituents is 1. The predicted octanol–water partition coefficient (Wildman–Crippen LogP) is 4.79. The summed E-state index contributed by atoms with van der Waals surface area (Å²) in [4.78, 5) is 35.2. The van der Waals surface area contributed by atoms with Gasteiger partial charge < -0.3 is 9.84 Å². The molecule has 36 heavy (non-hydrogen) atoms. The Bertz CT molecular complexity index is 1740. The number of esters is 1. The highest BCUT2D eigenvalue weighted by Crippen LogP contribution is 2.38. The molecule has 2 aromatic carbocycles. The Kier molecular flexibility index (Phi) is 5.30. The van der Waals surface area contributed by atoms with Crippen molar-refractivity contribution in [3.8, 4) is 5.75 Å². The van der Waals surface area contributed by atoms with Crippen molar-refractivity contribution in [2.24, 2.45) is 0 Å². The lowest BCUT2D eigenvalue weighted by Crippen LogP contribution is -2.17. The summed E-state index contributed by atoms with van der Waals surface area (Å²) in [6.07, 6.45) is 5.09. The number of para-hydroxylation sites is 1. The highest BCUT2D eigenvalue weighted by Gasteiger charge is 2.27. The van der Waals surface area contributed by atoms with Crippen LogP contribution in [-0.4, -0.2) is 25.4 Å². The second kappa shape index (κ2) is 8.78. The van der Waals surface area contributed by atoms with Gasteiger partial charge in [-0.15, -0.1) is 0 Å². The molecule has 6 rings (SSSR count). The van der Waals surface area contributed by atoms with Crippen LogP contribution in [0.5, 0.6) is 5.75 Å². The van der Waals surface area contributed by atoms with Crippen LogP contribution in [0.25, 0.3) is 28.2 Å².